The second kappa shape index (κ2) is 4.48. The lowest BCUT2D eigenvalue weighted by molar-refractivity contribution is 0.0996. The lowest BCUT2D eigenvalue weighted by Crippen LogP contribution is -2.15. The number of hydrogen-bond donors (Lipinski definition) is 1. The molecule has 0 bridgehead atoms. The van der Waals surface area contributed by atoms with E-state index in [1.165, 1.54) is 0 Å². The van der Waals surface area contributed by atoms with Crippen molar-refractivity contribution in [2.75, 3.05) is 0 Å². The second-order valence-corrected chi connectivity index (χ2v) is 3.51. The number of nitrogens with two attached hydrogens (primary N) is 1. The van der Waals surface area contributed by atoms with Crippen LogP contribution in [-0.4, -0.2) is 10.9 Å². The van der Waals surface area contributed by atoms with Crippen LogP contribution in [0.1, 0.15) is 10.5 Å². The molecule has 2 N–H and O–H groups in total. The molecule has 0 spiro atoms. The van der Waals surface area contributed by atoms with Crippen LogP contribution < -0.4 is 5.73 Å². The average Bonchev–Trinajstić information content (AvgIpc) is 2.28. The maximum atomic E-state index is 13.6. The Morgan fingerprint density at radius 1 is 1.17 bits per heavy atom. The first kappa shape index (κ1) is 12.1. The van der Waals surface area contributed by atoms with Crippen LogP contribution in [-0.2, 0) is 0 Å². The van der Waals surface area contributed by atoms with Crippen molar-refractivity contribution in [3.05, 3.63) is 53.6 Å². The second-order valence-electron chi connectivity index (χ2n) is 3.51. The summed E-state index contributed by atoms with van der Waals surface area (Å²) >= 11 is 0. The van der Waals surface area contributed by atoms with Crippen molar-refractivity contribution in [1.29, 1.82) is 0 Å². The van der Waals surface area contributed by atoms with Crippen molar-refractivity contribution in [3.8, 4) is 11.1 Å². The summed E-state index contributed by atoms with van der Waals surface area (Å²) in [4.78, 5) is 14.6. The zero-order chi connectivity index (χ0) is 13.3. The minimum atomic E-state index is -0.993. The van der Waals surface area contributed by atoms with E-state index in [9.17, 15) is 18.0 Å². The molecule has 18 heavy (non-hydrogen) atoms. The van der Waals surface area contributed by atoms with E-state index in [4.69, 9.17) is 5.73 Å². The van der Waals surface area contributed by atoms with E-state index < -0.39 is 28.9 Å². The number of carbonyl (C=O) groups excluding carboxylic acids is 1. The van der Waals surface area contributed by atoms with Crippen molar-refractivity contribution in [2.24, 2.45) is 5.73 Å². The molecule has 1 heterocycles. The molecule has 0 aliphatic rings. The third kappa shape index (κ3) is 2.04. The van der Waals surface area contributed by atoms with Crippen LogP contribution >= 0.6 is 0 Å². The van der Waals surface area contributed by atoms with Gasteiger partial charge in [-0.05, 0) is 18.2 Å². The van der Waals surface area contributed by atoms with Gasteiger partial charge in [0, 0.05) is 5.56 Å². The molecule has 0 saturated carbocycles. The first-order valence-electron chi connectivity index (χ1n) is 4.90. The molecule has 0 atom stereocenters. The van der Waals surface area contributed by atoms with Crippen LogP contribution in [0.2, 0.25) is 0 Å². The normalized spacial score (nSPS) is 10.4. The Morgan fingerprint density at radius 2 is 1.78 bits per heavy atom. The zero-order valence-corrected chi connectivity index (χ0v) is 8.95. The number of nitrogens with zero attached hydrogens (tertiary/aromatic N) is 1. The van der Waals surface area contributed by atoms with Gasteiger partial charge in [0.1, 0.15) is 23.1 Å². The van der Waals surface area contributed by atoms with E-state index in [2.05, 4.69) is 4.98 Å². The molecule has 0 aliphatic heterocycles. The Kier molecular flexibility index (Phi) is 3.01. The third-order valence-corrected chi connectivity index (χ3v) is 2.32. The van der Waals surface area contributed by atoms with E-state index in [0.29, 0.717) is 0 Å². The van der Waals surface area contributed by atoms with Gasteiger partial charge in [0.15, 0.2) is 0 Å². The van der Waals surface area contributed by atoms with Gasteiger partial charge in [-0.2, -0.15) is 0 Å². The Balaban J connectivity index is 2.77. The van der Waals surface area contributed by atoms with Crippen molar-refractivity contribution >= 4 is 5.91 Å². The molecule has 0 aliphatic carbocycles. The molecular formula is C12H7F3N2O. The van der Waals surface area contributed by atoms with E-state index in [0.717, 1.165) is 30.5 Å². The van der Waals surface area contributed by atoms with Gasteiger partial charge >= 0.3 is 0 Å². The van der Waals surface area contributed by atoms with Crippen LogP contribution in [0.4, 0.5) is 13.2 Å². The topological polar surface area (TPSA) is 56.0 Å². The highest BCUT2D eigenvalue weighted by Crippen LogP contribution is 2.28. The molecule has 1 aromatic carbocycles. The number of halogens is 3. The van der Waals surface area contributed by atoms with Gasteiger partial charge in [-0.25, -0.2) is 18.2 Å². The van der Waals surface area contributed by atoms with Crippen molar-refractivity contribution in [1.82, 2.24) is 4.98 Å². The summed E-state index contributed by atoms with van der Waals surface area (Å²) in [6, 6.07) is 3.96. The van der Waals surface area contributed by atoms with Gasteiger partial charge in [-0.3, -0.25) is 4.79 Å². The zero-order valence-electron chi connectivity index (χ0n) is 8.95. The van der Waals surface area contributed by atoms with Crippen molar-refractivity contribution in [3.63, 3.8) is 0 Å². The van der Waals surface area contributed by atoms with Gasteiger partial charge < -0.3 is 5.73 Å². The minimum Gasteiger partial charge on any atom is -0.364 e. The fourth-order valence-corrected chi connectivity index (χ4v) is 1.58. The highest BCUT2D eigenvalue weighted by atomic mass is 19.1. The number of pyridine rings is 1. The third-order valence-electron chi connectivity index (χ3n) is 2.32. The Morgan fingerprint density at radius 3 is 2.33 bits per heavy atom. The summed E-state index contributed by atoms with van der Waals surface area (Å²) in [6.07, 6.45) is 0.752. The summed E-state index contributed by atoms with van der Waals surface area (Å²) in [7, 11) is 0. The van der Waals surface area contributed by atoms with Crippen LogP contribution in [0.5, 0.6) is 0 Å². The van der Waals surface area contributed by atoms with E-state index in [1.54, 1.807) is 0 Å². The Hall–Kier alpha value is -2.37. The first-order valence-corrected chi connectivity index (χ1v) is 4.90. The molecule has 1 amide bonds. The Bertz CT molecular complexity index is 608. The molecule has 0 unspecified atom stereocenters. The number of hydrogen-bond acceptors (Lipinski definition) is 2. The molecule has 0 radical (unpaired) electrons. The van der Waals surface area contributed by atoms with Crippen LogP contribution in [0.25, 0.3) is 11.1 Å². The molecule has 2 aromatic rings. The number of rotatable bonds is 2. The molecule has 6 heteroatoms. The van der Waals surface area contributed by atoms with E-state index in [1.807, 2.05) is 0 Å². The fraction of sp³-hybridized carbons (Fsp3) is 0. The summed E-state index contributed by atoms with van der Waals surface area (Å²) in [5.41, 5.74) is 3.81. The van der Waals surface area contributed by atoms with E-state index in [-0.39, 0.29) is 11.3 Å². The average molecular weight is 252 g/mol. The largest absolute Gasteiger partial charge is 0.364 e. The predicted octanol–water partition coefficient (Wildman–Crippen LogP) is 2.26. The highest BCUT2D eigenvalue weighted by Gasteiger charge is 2.19. The lowest BCUT2D eigenvalue weighted by Gasteiger charge is -2.08. The standard InChI is InChI=1S/C12H7F3N2O/c13-6-4-7(11(12(16)18)17-5-6)10-8(14)2-1-3-9(10)15/h1-5H,(H2,16,18). The number of carbonyl (C=O) groups is 1. The lowest BCUT2D eigenvalue weighted by atomic mass is 10.0. The minimum absolute atomic E-state index is 0.307. The molecule has 2 rings (SSSR count). The van der Waals surface area contributed by atoms with Crippen LogP contribution in [0.15, 0.2) is 30.5 Å². The molecule has 3 nitrogen and oxygen atoms in total. The Labute approximate surface area is 100 Å². The maximum Gasteiger partial charge on any atom is 0.267 e. The molecular weight excluding hydrogens is 245 g/mol. The molecule has 0 fully saturated rings. The van der Waals surface area contributed by atoms with Gasteiger partial charge in [0.25, 0.3) is 5.91 Å². The number of aromatic nitrogens is 1. The van der Waals surface area contributed by atoms with Crippen LogP contribution in [0, 0.1) is 17.5 Å². The monoisotopic (exact) mass is 252 g/mol. The van der Waals surface area contributed by atoms with Crippen molar-refractivity contribution < 1.29 is 18.0 Å². The quantitative estimate of drug-likeness (QED) is 0.891. The van der Waals surface area contributed by atoms with Gasteiger partial charge in [0.05, 0.1) is 11.8 Å². The van der Waals surface area contributed by atoms with Gasteiger partial charge in [-0.15, -0.1) is 0 Å². The smallest absolute Gasteiger partial charge is 0.267 e. The SMILES string of the molecule is NC(=O)c1ncc(F)cc1-c1c(F)cccc1F. The van der Waals surface area contributed by atoms with Gasteiger partial charge in [-0.1, -0.05) is 6.07 Å². The molecule has 92 valence electrons. The number of benzene rings is 1. The summed E-state index contributed by atoms with van der Waals surface area (Å²) in [5.74, 6) is -3.67. The predicted molar refractivity (Wildman–Crippen MR) is 58.1 cm³/mol. The van der Waals surface area contributed by atoms with Gasteiger partial charge in [0.2, 0.25) is 0 Å². The van der Waals surface area contributed by atoms with E-state index >= 15 is 0 Å². The molecule has 0 saturated heterocycles. The number of amides is 1. The summed E-state index contributed by atoms with van der Waals surface area (Å²) in [6.45, 7) is 0. The first-order chi connectivity index (χ1) is 8.50. The molecule has 1 aromatic heterocycles. The summed E-state index contributed by atoms with van der Waals surface area (Å²) < 4.78 is 40.2. The fourth-order valence-electron chi connectivity index (χ4n) is 1.58. The highest BCUT2D eigenvalue weighted by molar-refractivity contribution is 5.97. The van der Waals surface area contributed by atoms with Crippen LogP contribution in [0.3, 0.4) is 0 Å². The summed E-state index contributed by atoms with van der Waals surface area (Å²) in [5, 5.41) is 0. The number of primary amides is 1. The maximum absolute atomic E-state index is 13.6. The van der Waals surface area contributed by atoms with Crippen molar-refractivity contribution in [2.45, 2.75) is 0 Å².